The zero-order valence-electron chi connectivity index (χ0n) is 15.8. The number of benzene rings is 1. The molecule has 0 spiro atoms. The summed E-state index contributed by atoms with van der Waals surface area (Å²) < 4.78 is 1.88. The summed E-state index contributed by atoms with van der Waals surface area (Å²) in [7, 11) is 0. The lowest BCUT2D eigenvalue weighted by Gasteiger charge is -2.22. The Bertz CT molecular complexity index is 907. The maximum Gasteiger partial charge on any atom is 0.225 e. The van der Waals surface area contributed by atoms with Crippen molar-refractivity contribution >= 4 is 11.9 Å². The second-order valence-corrected chi connectivity index (χ2v) is 6.45. The van der Waals surface area contributed by atoms with Crippen molar-refractivity contribution in [1.29, 1.82) is 0 Å². The summed E-state index contributed by atoms with van der Waals surface area (Å²) in [5.41, 5.74) is 13.4. The van der Waals surface area contributed by atoms with E-state index in [-0.39, 0.29) is 31.2 Å². The van der Waals surface area contributed by atoms with Gasteiger partial charge in [-0.3, -0.25) is 0 Å². The largest absolute Gasteiger partial charge is 0.390 e. The molecule has 0 aliphatic rings. The van der Waals surface area contributed by atoms with Gasteiger partial charge in [0.2, 0.25) is 11.9 Å². The first-order valence-corrected chi connectivity index (χ1v) is 9.23. The fourth-order valence-electron chi connectivity index (χ4n) is 3.28. The standard InChI is InChI=1S/C19H25N7O2/c1-2-3-9-14(16-23-18(20)25-19(21)24-16)26-15(11-28)13(10-27)22-17(26)12-7-5-4-6-8-12/h4-8,14,27-28H,2-3,9-11H2,1H3,(H4,20,21,23,24,25). The summed E-state index contributed by atoms with van der Waals surface area (Å²) in [6, 6.07) is 9.22. The van der Waals surface area contributed by atoms with Crippen molar-refractivity contribution in [2.45, 2.75) is 45.4 Å². The molecular weight excluding hydrogens is 358 g/mol. The molecule has 0 aliphatic carbocycles. The quantitative estimate of drug-likeness (QED) is 0.459. The topological polar surface area (TPSA) is 149 Å². The van der Waals surface area contributed by atoms with Gasteiger partial charge in [-0.05, 0) is 6.42 Å². The van der Waals surface area contributed by atoms with Gasteiger partial charge in [0.1, 0.15) is 5.82 Å². The number of aliphatic hydroxyl groups is 2. The first kappa shape index (κ1) is 19.7. The van der Waals surface area contributed by atoms with Crippen LogP contribution in [0.5, 0.6) is 0 Å². The molecular formula is C19H25N7O2. The summed E-state index contributed by atoms with van der Waals surface area (Å²) in [5.74, 6) is 1.11. The summed E-state index contributed by atoms with van der Waals surface area (Å²) in [6.07, 6.45) is 2.54. The van der Waals surface area contributed by atoms with E-state index in [1.807, 2.05) is 34.9 Å². The fraction of sp³-hybridized carbons (Fsp3) is 0.368. The Labute approximate surface area is 163 Å². The Hall–Kier alpha value is -3.04. The number of anilines is 2. The van der Waals surface area contributed by atoms with Crippen LogP contribution in [-0.4, -0.2) is 34.7 Å². The van der Waals surface area contributed by atoms with Crippen molar-refractivity contribution in [2.24, 2.45) is 0 Å². The summed E-state index contributed by atoms with van der Waals surface area (Å²) >= 11 is 0. The molecule has 2 aromatic heterocycles. The van der Waals surface area contributed by atoms with E-state index in [0.29, 0.717) is 29.5 Å². The summed E-state index contributed by atoms with van der Waals surface area (Å²) in [6.45, 7) is 1.52. The highest BCUT2D eigenvalue weighted by Gasteiger charge is 2.27. The maximum absolute atomic E-state index is 10.0. The average molecular weight is 383 g/mol. The lowest BCUT2D eigenvalue weighted by Crippen LogP contribution is -2.20. The molecule has 0 saturated heterocycles. The van der Waals surface area contributed by atoms with Crippen molar-refractivity contribution in [3.8, 4) is 11.4 Å². The number of nitrogen functional groups attached to an aromatic ring is 2. The van der Waals surface area contributed by atoms with Gasteiger partial charge in [0.15, 0.2) is 5.82 Å². The normalized spacial score (nSPS) is 12.2. The van der Waals surface area contributed by atoms with Crippen LogP contribution in [0.25, 0.3) is 11.4 Å². The molecule has 1 aromatic carbocycles. The van der Waals surface area contributed by atoms with E-state index in [1.165, 1.54) is 0 Å². The molecule has 0 radical (unpaired) electrons. The van der Waals surface area contributed by atoms with Gasteiger partial charge in [0.25, 0.3) is 0 Å². The first-order chi connectivity index (χ1) is 13.6. The van der Waals surface area contributed by atoms with E-state index in [1.54, 1.807) is 0 Å². The molecule has 6 N–H and O–H groups in total. The molecule has 9 nitrogen and oxygen atoms in total. The maximum atomic E-state index is 10.0. The minimum atomic E-state index is -0.363. The van der Waals surface area contributed by atoms with Crippen LogP contribution < -0.4 is 11.5 Å². The number of aliphatic hydroxyl groups excluding tert-OH is 2. The van der Waals surface area contributed by atoms with E-state index >= 15 is 0 Å². The van der Waals surface area contributed by atoms with E-state index in [2.05, 4.69) is 26.9 Å². The van der Waals surface area contributed by atoms with E-state index in [0.717, 1.165) is 18.4 Å². The van der Waals surface area contributed by atoms with Gasteiger partial charge < -0.3 is 26.2 Å². The van der Waals surface area contributed by atoms with E-state index in [9.17, 15) is 10.2 Å². The molecule has 3 aromatic rings. The van der Waals surface area contributed by atoms with E-state index < -0.39 is 0 Å². The second-order valence-electron chi connectivity index (χ2n) is 6.45. The van der Waals surface area contributed by atoms with Crippen LogP contribution in [0, 0.1) is 0 Å². The third kappa shape index (κ3) is 3.95. The number of hydrogen-bond acceptors (Lipinski definition) is 8. The van der Waals surface area contributed by atoms with Crippen molar-refractivity contribution in [1.82, 2.24) is 24.5 Å². The Morgan fingerprint density at radius 3 is 2.21 bits per heavy atom. The highest BCUT2D eigenvalue weighted by molar-refractivity contribution is 5.57. The third-order valence-electron chi connectivity index (χ3n) is 4.55. The minimum absolute atomic E-state index is 0.0401. The predicted molar refractivity (Wildman–Crippen MR) is 106 cm³/mol. The van der Waals surface area contributed by atoms with Crippen molar-refractivity contribution in [2.75, 3.05) is 11.5 Å². The molecule has 3 rings (SSSR count). The molecule has 28 heavy (non-hydrogen) atoms. The van der Waals surface area contributed by atoms with Crippen molar-refractivity contribution in [3.05, 3.63) is 47.5 Å². The van der Waals surface area contributed by atoms with Gasteiger partial charge in [0, 0.05) is 5.56 Å². The number of nitrogens with two attached hydrogens (primary N) is 2. The number of imidazole rings is 1. The molecule has 0 saturated carbocycles. The highest BCUT2D eigenvalue weighted by Crippen LogP contribution is 2.32. The van der Waals surface area contributed by atoms with Crippen LogP contribution in [0.1, 0.15) is 49.4 Å². The number of hydrogen-bond donors (Lipinski definition) is 4. The SMILES string of the molecule is CCCCC(c1nc(N)nc(N)n1)n1c(-c2ccccc2)nc(CO)c1CO. The Morgan fingerprint density at radius 1 is 0.964 bits per heavy atom. The average Bonchev–Trinajstić information content (AvgIpc) is 3.07. The monoisotopic (exact) mass is 383 g/mol. The molecule has 9 heteroatoms. The van der Waals surface area contributed by atoms with Gasteiger partial charge in [-0.15, -0.1) is 0 Å². The van der Waals surface area contributed by atoms with Crippen LogP contribution in [0.15, 0.2) is 30.3 Å². The first-order valence-electron chi connectivity index (χ1n) is 9.23. The van der Waals surface area contributed by atoms with Crippen LogP contribution >= 0.6 is 0 Å². The number of nitrogens with zero attached hydrogens (tertiary/aromatic N) is 5. The number of unbranched alkanes of at least 4 members (excludes halogenated alkanes) is 1. The minimum Gasteiger partial charge on any atom is -0.390 e. The Balaban J connectivity index is 2.24. The van der Waals surface area contributed by atoms with Gasteiger partial charge in [-0.25, -0.2) is 4.98 Å². The lowest BCUT2D eigenvalue weighted by atomic mass is 10.1. The predicted octanol–water partition coefficient (Wildman–Crippen LogP) is 1.66. The second kappa shape index (κ2) is 8.77. The molecule has 0 bridgehead atoms. The van der Waals surface area contributed by atoms with Crippen LogP contribution in [0.4, 0.5) is 11.9 Å². The lowest BCUT2D eigenvalue weighted by molar-refractivity contribution is 0.247. The fourth-order valence-corrected chi connectivity index (χ4v) is 3.28. The Kier molecular flexibility index (Phi) is 6.17. The molecule has 1 unspecified atom stereocenters. The van der Waals surface area contributed by atoms with Crippen LogP contribution in [-0.2, 0) is 13.2 Å². The van der Waals surface area contributed by atoms with Gasteiger partial charge in [-0.2, -0.15) is 15.0 Å². The summed E-state index contributed by atoms with van der Waals surface area (Å²) in [4.78, 5) is 17.0. The zero-order valence-corrected chi connectivity index (χ0v) is 15.8. The molecule has 1 atom stereocenters. The zero-order chi connectivity index (χ0) is 20.1. The molecule has 0 aliphatic heterocycles. The third-order valence-corrected chi connectivity index (χ3v) is 4.55. The Morgan fingerprint density at radius 2 is 1.64 bits per heavy atom. The van der Waals surface area contributed by atoms with E-state index in [4.69, 9.17) is 11.5 Å². The number of rotatable bonds is 8. The van der Waals surface area contributed by atoms with Gasteiger partial charge in [0.05, 0.1) is 30.6 Å². The van der Waals surface area contributed by atoms with Gasteiger partial charge >= 0.3 is 0 Å². The summed E-state index contributed by atoms with van der Waals surface area (Å²) in [5, 5.41) is 19.8. The smallest absolute Gasteiger partial charge is 0.225 e. The molecule has 148 valence electrons. The molecule has 2 heterocycles. The van der Waals surface area contributed by atoms with Gasteiger partial charge in [-0.1, -0.05) is 50.1 Å². The van der Waals surface area contributed by atoms with Crippen LogP contribution in [0.3, 0.4) is 0 Å². The highest BCUT2D eigenvalue weighted by atomic mass is 16.3. The van der Waals surface area contributed by atoms with Crippen molar-refractivity contribution < 1.29 is 10.2 Å². The number of aromatic nitrogens is 5. The van der Waals surface area contributed by atoms with Crippen LogP contribution in [0.2, 0.25) is 0 Å². The molecule has 0 amide bonds. The molecule has 0 fully saturated rings. The van der Waals surface area contributed by atoms with Crippen molar-refractivity contribution in [3.63, 3.8) is 0 Å².